The van der Waals surface area contributed by atoms with Crippen LogP contribution in [0.2, 0.25) is 0 Å². The SMILES string of the molecule is O=C(c1ccc(CCCCn2cc(C(=O)N3CCOCC3)c3ncccc32)cc1)N1CCOCC1. The van der Waals surface area contributed by atoms with Crippen LogP contribution >= 0.6 is 0 Å². The molecular formula is C27H32N4O4. The van der Waals surface area contributed by atoms with Gasteiger partial charge in [0.15, 0.2) is 0 Å². The Balaban J connectivity index is 1.17. The van der Waals surface area contributed by atoms with Gasteiger partial charge in [-0.25, -0.2) is 0 Å². The van der Waals surface area contributed by atoms with E-state index in [1.165, 1.54) is 5.56 Å². The number of rotatable bonds is 7. The zero-order valence-corrected chi connectivity index (χ0v) is 20.0. The Morgan fingerprint density at radius 1 is 0.829 bits per heavy atom. The second-order valence-electron chi connectivity index (χ2n) is 9.07. The molecule has 2 aliphatic rings. The molecule has 2 saturated heterocycles. The highest BCUT2D eigenvalue weighted by Gasteiger charge is 2.23. The third-order valence-corrected chi connectivity index (χ3v) is 6.78. The first-order valence-electron chi connectivity index (χ1n) is 12.5. The average Bonchev–Trinajstić information content (AvgIpc) is 3.30. The Morgan fingerprint density at radius 3 is 2.17 bits per heavy atom. The van der Waals surface area contributed by atoms with Crippen LogP contribution in [0, 0.1) is 0 Å². The number of carbonyl (C=O) groups excluding carboxylic acids is 2. The van der Waals surface area contributed by atoms with Gasteiger partial charge >= 0.3 is 0 Å². The molecule has 8 heteroatoms. The van der Waals surface area contributed by atoms with Gasteiger partial charge in [-0.3, -0.25) is 14.6 Å². The van der Waals surface area contributed by atoms with Gasteiger partial charge in [0.2, 0.25) is 0 Å². The smallest absolute Gasteiger partial charge is 0.257 e. The molecule has 4 heterocycles. The number of aromatic nitrogens is 2. The summed E-state index contributed by atoms with van der Waals surface area (Å²) in [7, 11) is 0. The largest absolute Gasteiger partial charge is 0.378 e. The van der Waals surface area contributed by atoms with Crippen molar-refractivity contribution in [2.45, 2.75) is 25.8 Å². The molecule has 8 nitrogen and oxygen atoms in total. The van der Waals surface area contributed by atoms with Crippen molar-refractivity contribution in [1.29, 1.82) is 0 Å². The van der Waals surface area contributed by atoms with Crippen LogP contribution in [-0.4, -0.2) is 83.8 Å². The number of benzene rings is 1. The molecule has 2 aliphatic heterocycles. The number of amides is 2. The van der Waals surface area contributed by atoms with Gasteiger partial charge in [-0.2, -0.15) is 0 Å². The lowest BCUT2D eigenvalue weighted by atomic mass is 10.1. The molecule has 2 amide bonds. The molecule has 2 fully saturated rings. The van der Waals surface area contributed by atoms with Crippen LogP contribution in [0.5, 0.6) is 0 Å². The summed E-state index contributed by atoms with van der Waals surface area (Å²) in [5.74, 6) is 0.109. The maximum Gasteiger partial charge on any atom is 0.257 e. The molecule has 0 saturated carbocycles. The number of hydrogen-bond donors (Lipinski definition) is 0. The normalized spacial score (nSPS) is 16.6. The van der Waals surface area contributed by atoms with Gasteiger partial charge in [0.1, 0.15) is 5.52 Å². The van der Waals surface area contributed by atoms with Gasteiger partial charge in [0.25, 0.3) is 11.8 Å². The zero-order chi connectivity index (χ0) is 24.0. The van der Waals surface area contributed by atoms with Crippen molar-refractivity contribution >= 4 is 22.8 Å². The first kappa shape index (κ1) is 23.5. The fourth-order valence-corrected chi connectivity index (χ4v) is 4.78. The summed E-state index contributed by atoms with van der Waals surface area (Å²) in [4.78, 5) is 33.9. The van der Waals surface area contributed by atoms with Crippen LogP contribution in [-0.2, 0) is 22.4 Å². The van der Waals surface area contributed by atoms with E-state index < -0.39 is 0 Å². The number of nitrogens with zero attached hydrogens (tertiary/aromatic N) is 4. The topological polar surface area (TPSA) is 76.9 Å². The van der Waals surface area contributed by atoms with Crippen molar-refractivity contribution in [2.75, 3.05) is 52.6 Å². The van der Waals surface area contributed by atoms with Crippen LogP contribution in [0.25, 0.3) is 11.0 Å². The monoisotopic (exact) mass is 476 g/mol. The number of unbranched alkanes of at least 4 members (excludes halogenated alkanes) is 1. The molecule has 35 heavy (non-hydrogen) atoms. The van der Waals surface area contributed by atoms with Crippen LogP contribution in [0.4, 0.5) is 0 Å². The molecule has 0 spiro atoms. The van der Waals surface area contributed by atoms with Crippen molar-refractivity contribution in [1.82, 2.24) is 19.4 Å². The van der Waals surface area contributed by atoms with E-state index in [1.54, 1.807) is 6.20 Å². The highest BCUT2D eigenvalue weighted by molar-refractivity contribution is 6.05. The molecule has 5 rings (SSSR count). The van der Waals surface area contributed by atoms with Gasteiger partial charge in [0, 0.05) is 50.7 Å². The van der Waals surface area contributed by atoms with Gasteiger partial charge < -0.3 is 23.8 Å². The standard InChI is InChI=1S/C27H32N4O4/c32-26(29-12-16-34-17-13-29)22-8-6-21(7-9-22)4-1-2-11-31-20-23(25-24(31)5-3-10-28-25)27(33)30-14-18-35-19-15-30/h3,5-10,20H,1-2,4,11-19H2. The van der Waals surface area contributed by atoms with E-state index in [4.69, 9.17) is 9.47 Å². The molecule has 0 radical (unpaired) electrons. The quantitative estimate of drug-likeness (QED) is 0.490. The number of ether oxygens (including phenoxy) is 2. The summed E-state index contributed by atoms with van der Waals surface area (Å²) in [6.07, 6.45) is 6.66. The number of hydrogen-bond acceptors (Lipinski definition) is 5. The summed E-state index contributed by atoms with van der Waals surface area (Å²) in [5, 5.41) is 0. The number of morpholine rings is 2. The van der Waals surface area contributed by atoms with Gasteiger partial charge in [-0.1, -0.05) is 12.1 Å². The number of aryl methyl sites for hydroxylation is 2. The maximum atomic E-state index is 13.1. The van der Waals surface area contributed by atoms with Crippen molar-refractivity contribution in [3.05, 3.63) is 65.5 Å². The lowest BCUT2D eigenvalue weighted by Crippen LogP contribution is -2.40. The Labute approximate surface area is 205 Å². The number of fused-ring (bicyclic) bond motifs is 1. The Hall–Kier alpha value is -3.23. The highest BCUT2D eigenvalue weighted by Crippen LogP contribution is 2.22. The van der Waals surface area contributed by atoms with Crippen molar-refractivity contribution < 1.29 is 19.1 Å². The van der Waals surface area contributed by atoms with E-state index in [9.17, 15) is 9.59 Å². The van der Waals surface area contributed by atoms with E-state index in [0.717, 1.165) is 42.4 Å². The van der Waals surface area contributed by atoms with E-state index in [-0.39, 0.29) is 11.8 Å². The lowest BCUT2D eigenvalue weighted by molar-refractivity contribution is 0.0302. The van der Waals surface area contributed by atoms with Crippen LogP contribution in [0.1, 0.15) is 39.1 Å². The van der Waals surface area contributed by atoms with Crippen molar-refractivity contribution in [2.24, 2.45) is 0 Å². The molecular weight excluding hydrogens is 444 g/mol. The highest BCUT2D eigenvalue weighted by atomic mass is 16.5. The van der Waals surface area contributed by atoms with Crippen LogP contribution in [0.3, 0.4) is 0 Å². The fourth-order valence-electron chi connectivity index (χ4n) is 4.78. The minimum atomic E-state index is 0.0301. The lowest BCUT2D eigenvalue weighted by Gasteiger charge is -2.26. The predicted octanol–water partition coefficient (Wildman–Crippen LogP) is 3.00. The first-order valence-corrected chi connectivity index (χ1v) is 12.5. The number of carbonyl (C=O) groups is 2. The third kappa shape index (κ3) is 5.39. The Bertz CT molecular complexity index is 1160. The minimum Gasteiger partial charge on any atom is -0.378 e. The third-order valence-electron chi connectivity index (χ3n) is 6.78. The van der Waals surface area contributed by atoms with E-state index >= 15 is 0 Å². The van der Waals surface area contributed by atoms with Crippen LogP contribution in [0.15, 0.2) is 48.8 Å². The van der Waals surface area contributed by atoms with Crippen LogP contribution < -0.4 is 0 Å². The molecule has 0 atom stereocenters. The maximum absolute atomic E-state index is 13.1. The Kier molecular flexibility index (Phi) is 7.39. The number of pyridine rings is 1. The molecule has 1 aromatic carbocycles. The summed E-state index contributed by atoms with van der Waals surface area (Å²) in [6.45, 7) is 5.77. The van der Waals surface area contributed by atoms with E-state index in [0.29, 0.717) is 58.2 Å². The molecule has 184 valence electrons. The first-order chi connectivity index (χ1) is 17.2. The second kappa shape index (κ2) is 11.0. The van der Waals surface area contributed by atoms with Crippen molar-refractivity contribution in [3.63, 3.8) is 0 Å². The minimum absolute atomic E-state index is 0.0301. The molecule has 0 aliphatic carbocycles. The van der Waals surface area contributed by atoms with E-state index in [2.05, 4.69) is 21.7 Å². The fraction of sp³-hybridized carbons (Fsp3) is 0.444. The summed E-state index contributed by atoms with van der Waals surface area (Å²) in [5.41, 5.74) is 4.40. The summed E-state index contributed by atoms with van der Waals surface area (Å²) < 4.78 is 12.9. The second-order valence-corrected chi connectivity index (χ2v) is 9.07. The molecule has 0 N–H and O–H groups in total. The van der Waals surface area contributed by atoms with Crippen molar-refractivity contribution in [3.8, 4) is 0 Å². The Morgan fingerprint density at radius 2 is 1.49 bits per heavy atom. The molecule has 3 aromatic rings. The van der Waals surface area contributed by atoms with E-state index in [1.807, 2.05) is 40.3 Å². The average molecular weight is 477 g/mol. The summed E-state index contributed by atoms with van der Waals surface area (Å²) in [6, 6.07) is 11.9. The summed E-state index contributed by atoms with van der Waals surface area (Å²) >= 11 is 0. The van der Waals surface area contributed by atoms with Gasteiger partial charge in [-0.15, -0.1) is 0 Å². The zero-order valence-electron chi connectivity index (χ0n) is 20.0. The molecule has 0 unspecified atom stereocenters. The predicted molar refractivity (Wildman–Crippen MR) is 133 cm³/mol. The molecule has 0 bridgehead atoms. The van der Waals surface area contributed by atoms with Gasteiger partial charge in [-0.05, 0) is 49.1 Å². The van der Waals surface area contributed by atoms with Gasteiger partial charge in [0.05, 0.1) is 37.5 Å². The molecule has 2 aromatic heterocycles.